The molecule has 0 aliphatic heterocycles. The summed E-state index contributed by atoms with van der Waals surface area (Å²) in [5.74, 6) is 5.87. The van der Waals surface area contributed by atoms with Crippen LogP contribution in [-0.4, -0.2) is 24.8 Å². The third-order valence-electron chi connectivity index (χ3n) is 2.25. The van der Waals surface area contributed by atoms with Gasteiger partial charge in [0.05, 0.1) is 6.61 Å². The zero-order valence-electron chi connectivity index (χ0n) is 9.33. The Hall–Kier alpha value is -1.46. The van der Waals surface area contributed by atoms with Crippen molar-refractivity contribution in [1.82, 2.24) is 0 Å². The van der Waals surface area contributed by atoms with Crippen molar-refractivity contribution >= 4 is 5.69 Å². The van der Waals surface area contributed by atoms with E-state index in [1.807, 2.05) is 31.2 Å². The van der Waals surface area contributed by atoms with Crippen molar-refractivity contribution in [1.29, 1.82) is 0 Å². The van der Waals surface area contributed by atoms with Crippen LogP contribution in [0, 0.1) is 11.8 Å². The number of aliphatic hydroxyl groups is 1. The van der Waals surface area contributed by atoms with Gasteiger partial charge >= 0.3 is 0 Å². The van der Waals surface area contributed by atoms with E-state index in [9.17, 15) is 0 Å². The van der Waals surface area contributed by atoms with Gasteiger partial charge in [-0.1, -0.05) is 5.92 Å². The van der Waals surface area contributed by atoms with Gasteiger partial charge < -0.3 is 10.0 Å². The number of rotatable bonds is 4. The quantitative estimate of drug-likeness (QED) is 0.755. The van der Waals surface area contributed by atoms with E-state index in [4.69, 9.17) is 5.11 Å². The molecule has 0 aliphatic carbocycles. The number of likely N-dealkylation sites (N-methyl/N-ethyl adjacent to an activating group) is 1. The van der Waals surface area contributed by atoms with Gasteiger partial charge in [-0.3, -0.25) is 0 Å². The fourth-order valence-corrected chi connectivity index (χ4v) is 1.49. The Balaban J connectivity index is 2.80. The molecule has 0 fully saturated rings. The van der Waals surface area contributed by atoms with E-state index in [-0.39, 0.29) is 6.61 Å². The maximum atomic E-state index is 8.90. The molecular formula is C13H17NO. The fraction of sp³-hybridized carbons (Fsp3) is 0.385. The molecule has 0 radical (unpaired) electrons. The third-order valence-corrected chi connectivity index (χ3v) is 2.25. The van der Waals surface area contributed by atoms with E-state index < -0.39 is 0 Å². The number of anilines is 1. The first-order chi connectivity index (χ1) is 7.31. The first kappa shape index (κ1) is 11.6. The van der Waals surface area contributed by atoms with Crippen LogP contribution < -0.4 is 4.90 Å². The van der Waals surface area contributed by atoms with Gasteiger partial charge in [0.15, 0.2) is 0 Å². The molecule has 0 saturated heterocycles. The van der Waals surface area contributed by atoms with Gasteiger partial charge in [0, 0.05) is 24.3 Å². The zero-order chi connectivity index (χ0) is 11.1. The molecule has 0 aromatic heterocycles. The minimum absolute atomic E-state index is 0.185. The monoisotopic (exact) mass is 203 g/mol. The minimum Gasteiger partial charge on any atom is -0.395 e. The van der Waals surface area contributed by atoms with Crippen LogP contribution in [-0.2, 0) is 0 Å². The normalized spacial score (nSPS) is 9.27. The Morgan fingerprint density at radius 3 is 2.40 bits per heavy atom. The van der Waals surface area contributed by atoms with Gasteiger partial charge in [0.25, 0.3) is 0 Å². The lowest BCUT2D eigenvalue weighted by atomic mass is 10.2. The Labute approximate surface area is 91.5 Å². The van der Waals surface area contributed by atoms with Crippen molar-refractivity contribution in [2.45, 2.75) is 13.8 Å². The van der Waals surface area contributed by atoms with Gasteiger partial charge in [-0.25, -0.2) is 0 Å². The molecule has 0 aliphatic rings. The van der Waals surface area contributed by atoms with Gasteiger partial charge in [0.1, 0.15) is 0 Å². The Morgan fingerprint density at radius 2 is 1.93 bits per heavy atom. The van der Waals surface area contributed by atoms with Gasteiger partial charge in [-0.2, -0.15) is 0 Å². The van der Waals surface area contributed by atoms with Crippen molar-refractivity contribution in [3.8, 4) is 11.8 Å². The summed E-state index contributed by atoms with van der Waals surface area (Å²) in [6, 6.07) is 8.09. The lowest BCUT2D eigenvalue weighted by Gasteiger charge is -2.21. The van der Waals surface area contributed by atoms with Crippen LogP contribution in [0.3, 0.4) is 0 Å². The molecule has 2 nitrogen and oxygen atoms in total. The van der Waals surface area contributed by atoms with E-state index in [1.54, 1.807) is 0 Å². The van der Waals surface area contributed by atoms with E-state index >= 15 is 0 Å². The maximum Gasteiger partial charge on any atom is 0.0606 e. The summed E-state index contributed by atoms with van der Waals surface area (Å²) < 4.78 is 0. The smallest absolute Gasteiger partial charge is 0.0606 e. The second kappa shape index (κ2) is 6.10. The summed E-state index contributed by atoms with van der Waals surface area (Å²) in [6.45, 7) is 5.67. The van der Waals surface area contributed by atoms with Crippen molar-refractivity contribution in [2.24, 2.45) is 0 Å². The summed E-state index contributed by atoms with van der Waals surface area (Å²) in [5, 5.41) is 8.90. The van der Waals surface area contributed by atoms with Gasteiger partial charge in [-0.15, -0.1) is 5.92 Å². The molecule has 0 atom stereocenters. The molecule has 0 bridgehead atoms. The molecule has 15 heavy (non-hydrogen) atoms. The Bertz CT molecular complexity index is 345. The predicted octanol–water partition coefficient (Wildman–Crippen LogP) is 1.88. The average molecular weight is 203 g/mol. The van der Waals surface area contributed by atoms with Gasteiger partial charge in [0.2, 0.25) is 0 Å². The molecule has 1 rings (SSSR count). The molecule has 1 aromatic rings. The molecular weight excluding hydrogens is 186 g/mol. The molecule has 80 valence electrons. The van der Waals surface area contributed by atoms with Crippen molar-refractivity contribution < 1.29 is 5.11 Å². The maximum absolute atomic E-state index is 8.90. The molecule has 1 N–H and O–H groups in total. The van der Waals surface area contributed by atoms with Gasteiger partial charge in [-0.05, 0) is 38.1 Å². The van der Waals surface area contributed by atoms with E-state index in [1.165, 1.54) is 0 Å². The van der Waals surface area contributed by atoms with Crippen LogP contribution in [0.1, 0.15) is 19.4 Å². The van der Waals surface area contributed by atoms with Crippen LogP contribution in [0.2, 0.25) is 0 Å². The Morgan fingerprint density at radius 1 is 1.27 bits per heavy atom. The number of hydrogen-bond donors (Lipinski definition) is 1. The lowest BCUT2D eigenvalue weighted by molar-refractivity contribution is 0.302. The van der Waals surface area contributed by atoms with Crippen molar-refractivity contribution in [3.63, 3.8) is 0 Å². The average Bonchev–Trinajstić information content (AvgIpc) is 2.28. The second-order valence-corrected chi connectivity index (χ2v) is 3.23. The van der Waals surface area contributed by atoms with Crippen LogP contribution in [0.25, 0.3) is 0 Å². The number of nitrogens with zero attached hydrogens (tertiary/aromatic N) is 1. The summed E-state index contributed by atoms with van der Waals surface area (Å²) in [6.07, 6.45) is 0. The Kier molecular flexibility index (Phi) is 4.73. The standard InChI is InChI=1S/C13H17NO/c1-3-5-12-6-8-13(9-7-12)14(4-2)10-11-15/h6-9,15H,4,10-11H2,1-2H3. The molecule has 0 spiro atoms. The summed E-state index contributed by atoms with van der Waals surface area (Å²) >= 11 is 0. The first-order valence-corrected chi connectivity index (χ1v) is 5.20. The highest BCUT2D eigenvalue weighted by atomic mass is 16.3. The molecule has 2 heteroatoms. The molecule has 0 amide bonds. The summed E-state index contributed by atoms with van der Waals surface area (Å²) in [7, 11) is 0. The molecule has 1 aromatic carbocycles. The number of benzene rings is 1. The van der Waals surface area contributed by atoms with Crippen LogP contribution in [0.4, 0.5) is 5.69 Å². The fourth-order valence-electron chi connectivity index (χ4n) is 1.49. The topological polar surface area (TPSA) is 23.5 Å². The predicted molar refractivity (Wildman–Crippen MR) is 64.0 cm³/mol. The van der Waals surface area contributed by atoms with Crippen molar-refractivity contribution in [2.75, 3.05) is 24.6 Å². The highest BCUT2D eigenvalue weighted by Crippen LogP contribution is 2.14. The zero-order valence-corrected chi connectivity index (χ0v) is 9.33. The van der Waals surface area contributed by atoms with Crippen LogP contribution in [0.5, 0.6) is 0 Å². The minimum atomic E-state index is 0.185. The SMILES string of the molecule is CC#Cc1ccc(N(CC)CCO)cc1. The summed E-state index contributed by atoms with van der Waals surface area (Å²) in [5.41, 5.74) is 2.16. The first-order valence-electron chi connectivity index (χ1n) is 5.20. The third kappa shape index (κ3) is 3.30. The largest absolute Gasteiger partial charge is 0.395 e. The molecule has 0 saturated carbocycles. The van der Waals surface area contributed by atoms with E-state index in [0.717, 1.165) is 17.8 Å². The lowest BCUT2D eigenvalue weighted by Crippen LogP contribution is -2.25. The summed E-state index contributed by atoms with van der Waals surface area (Å²) in [4.78, 5) is 2.13. The number of aliphatic hydroxyl groups excluding tert-OH is 1. The highest BCUT2D eigenvalue weighted by molar-refractivity contribution is 5.50. The van der Waals surface area contributed by atoms with Crippen LogP contribution in [0.15, 0.2) is 24.3 Å². The highest BCUT2D eigenvalue weighted by Gasteiger charge is 2.01. The van der Waals surface area contributed by atoms with E-state index in [2.05, 4.69) is 23.7 Å². The number of hydrogen-bond acceptors (Lipinski definition) is 2. The van der Waals surface area contributed by atoms with Crippen molar-refractivity contribution in [3.05, 3.63) is 29.8 Å². The molecule has 0 heterocycles. The van der Waals surface area contributed by atoms with E-state index in [0.29, 0.717) is 6.54 Å². The second-order valence-electron chi connectivity index (χ2n) is 3.23. The van der Waals surface area contributed by atoms with Crippen LogP contribution >= 0.6 is 0 Å². The molecule has 0 unspecified atom stereocenters.